The fourth-order valence-electron chi connectivity index (χ4n) is 1.04. The van der Waals surface area contributed by atoms with Crippen molar-refractivity contribution in [3.63, 3.8) is 0 Å². The summed E-state index contributed by atoms with van der Waals surface area (Å²) in [7, 11) is 3.07. The molecule has 0 spiro atoms. The van der Waals surface area contributed by atoms with E-state index in [1.54, 1.807) is 32.1 Å². The highest BCUT2D eigenvalue weighted by atomic mass is 16.1. The molecule has 64 valence electrons. The highest BCUT2D eigenvalue weighted by Crippen LogP contribution is 2.10. The minimum absolute atomic E-state index is 0.0890. The van der Waals surface area contributed by atoms with E-state index < -0.39 is 5.82 Å². The molecule has 0 saturated heterocycles. The quantitative estimate of drug-likeness (QED) is 0.348. The van der Waals surface area contributed by atoms with E-state index in [1.807, 2.05) is 6.07 Å². The maximum atomic E-state index is 11.6. The van der Waals surface area contributed by atoms with Crippen LogP contribution < -0.4 is 0 Å². The summed E-state index contributed by atoms with van der Waals surface area (Å²) in [6.07, 6.45) is 0. The average molecular weight is 172 g/mol. The van der Waals surface area contributed by atoms with Gasteiger partial charge in [-0.15, -0.1) is 0 Å². The van der Waals surface area contributed by atoms with Gasteiger partial charge >= 0.3 is 0 Å². The minimum atomic E-state index is -0.526. The molecule has 1 atom stereocenters. The lowest BCUT2D eigenvalue weighted by molar-refractivity contribution is -0.110. The van der Waals surface area contributed by atoms with Gasteiger partial charge in [0.1, 0.15) is 7.85 Å². The van der Waals surface area contributed by atoms with Crippen molar-refractivity contribution in [2.75, 3.05) is 0 Å². The van der Waals surface area contributed by atoms with Crippen LogP contribution in [0.2, 0.25) is 5.82 Å². The molecule has 0 heterocycles. The number of ketones is 1. The third-order valence-electron chi connectivity index (χ3n) is 2.06. The van der Waals surface area contributed by atoms with Gasteiger partial charge in [0.15, 0.2) is 13.6 Å². The molecule has 0 radical (unpaired) electrons. The second-order valence-corrected chi connectivity index (χ2v) is 3.06. The van der Waals surface area contributed by atoms with Crippen LogP contribution in [-0.4, -0.2) is 27.2 Å². The molecule has 1 unspecified atom stereocenters. The molecule has 0 bridgehead atoms. The first-order valence-electron chi connectivity index (χ1n) is 4.22. The van der Waals surface area contributed by atoms with Crippen molar-refractivity contribution >= 4 is 27.2 Å². The van der Waals surface area contributed by atoms with Gasteiger partial charge in [0.2, 0.25) is 0 Å². The summed E-state index contributed by atoms with van der Waals surface area (Å²) in [6, 6.07) is 8.87. The smallest absolute Gasteiger partial charge is 0.187 e. The molecule has 0 aliphatic carbocycles. The van der Waals surface area contributed by atoms with Crippen molar-refractivity contribution in [1.29, 1.82) is 0 Å². The van der Waals surface area contributed by atoms with Crippen LogP contribution in [0.1, 0.15) is 10.4 Å². The van der Waals surface area contributed by atoms with Crippen LogP contribution in [0.3, 0.4) is 0 Å². The fourth-order valence-corrected chi connectivity index (χ4v) is 1.04. The van der Waals surface area contributed by atoms with E-state index in [-0.39, 0.29) is 11.5 Å². The highest BCUT2D eigenvalue weighted by Gasteiger charge is 2.17. The predicted molar refractivity (Wildman–Crippen MR) is 56.6 cm³/mol. The Kier molecular flexibility index (Phi) is 3.07. The van der Waals surface area contributed by atoms with Crippen LogP contribution in [0, 0.1) is 0 Å². The van der Waals surface area contributed by atoms with Crippen molar-refractivity contribution in [2.24, 2.45) is 0 Å². The fraction of sp³-hybridized carbons (Fsp3) is 0.111. The topological polar surface area (TPSA) is 34.1 Å². The summed E-state index contributed by atoms with van der Waals surface area (Å²) in [6.45, 7) is 0. The Balaban J connectivity index is 2.86. The van der Waals surface area contributed by atoms with Crippen molar-refractivity contribution in [3.8, 4) is 0 Å². The Labute approximate surface area is 79.2 Å². The van der Waals surface area contributed by atoms with Gasteiger partial charge in [-0.1, -0.05) is 30.3 Å². The maximum Gasteiger partial charge on any atom is 0.187 e. The van der Waals surface area contributed by atoms with Gasteiger partial charge in [0.05, 0.1) is 5.68 Å². The molecule has 0 amide bonds. The Hall–Kier alpha value is -1.31. The third kappa shape index (κ3) is 2.31. The Morgan fingerprint density at radius 1 is 1.15 bits per heavy atom. The number of hydrogen-bond donors (Lipinski definition) is 0. The molecule has 13 heavy (non-hydrogen) atoms. The summed E-state index contributed by atoms with van der Waals surface area (Å²) in [4.78, 5) is 22.5. The lowest BCUT2D eigenvalue weighted by atomic mass is 9.71. The van der Waals surface area contributed by atoms with Gasteiger partial charge in [0, 0.05) is 11.4 Å². The standard InChI is InChI=1S/C9H10B2O2/c10-7(9(11)13)8(12)6-4-2-1-3-5-6/h1-5,7H,10-11H2. The maximum absolute atomic E-state index is 11.6. The molecular weight excluding hydrogens is 162 g/mol. The largest absolute Gasteiger partial charge is 0.312 e. The first-order chi connectivity index (χ1) is 6.13. The number of rotatable bonds is 3. The molecule has 0 fully saturated rings. The minimum Gasteiger partial charge on any atom is -0.312 e. The van der Waals surface area contributed by atoms with Crippen molar-refractivity contribution < 1.29 is 9.59 Å². The molecule has 1 aromatic carbocycles. The van der Waals surface area contributed by atoms with E-state index in [4.69, 9.17) is 0 Å². The Morgan fingerprint density at radius 3 is 2.15 bits per heavy atom. The molecule has 1 rings (SSSR count). The van der Waals surface area contributed by atoms with Crippen LogP contribution in [-0.2, 0) is 4.79 Å². The van der Waals surface area contributed by atoms with E-state index >= 15 is 0 Å². The summed E-state index contributed by atoms with van der Waals surface area (Å²) < 4.78 is 0. The Morgan fingerprint density at radius 2 is 1.69 bits per heavy atom. The molecule has 0 aromatic heterocycles. The van der Waals surface area contributed by atoms with Crippen LogP contribution in [0.4, 0.5) is 0 Å². The SMILES string of the molecule is BC(=O)C(B)C(=O)c1ccccc1. The zero-order valence-electron chi connectivity index (χ0n) is 7.78. The lowest BCUT2D eigenvalue weighted by Crippen LogP contribution is -2.18. The molecule has 0 aliphatic rings. The zero-order chi connectivity index (χ0) is 9.84. The van der Waals surface area contributed by atoms with Crippen LogP contribution in [0.25, 0.3) is 0 Å². The summed E-state index contributed by atoms with van der Waals surface area (Å²) >= 11 is 0. The van der Waals surface area contributed by atoms with Crippen LogP contribution in [0.5, 0.6) is 0 Å². The summed E-state index contributed by atoms with van der Waals surface area (Å²) in [5.41, 5.74) is 0.513. The van der Waals surface area contributed by atoms with Crippen molar-refractivity contribution in [2.45, 2.75) is 5.82 Å². The van der Waals surface area contributed by atoms with E-state index in [0.717, 1.165) is 0 Å². The third-order valence-corrected chi connectivity index (χ3v) is 2.06. The molecule has 0 aliphatic heterocycles. The molecule has 4 heteroatoms. The summed E-state index contributed by atoms with van der Waals surface area (Å²) in [5.74, 6) is -0.629. The molecule has 1 aromatic rings. The molecule has 0 N–H and O–H groups in total. The summed E-state index contributed by atoms with van der Waals surface area (Å²) in [5, 5.41) is 0. The van der Waals surface area contributed by atoms with Gasteiger partial charge in [-0.2, -0.15) is 0 Å². The Bertz CT molecular complexity index is 322. The van der Waals surface area contributed by atoms with Gasteiger partial charge in [-0.3, -0.25) is 4.79 Å². The van der Waals surface area contributed by atoms with Crippen LogP contribution >= 0.6 is 0 Å². The van der Waals surface area contributed by atoms with E-state index in [0.29, 0.717) is 5.56 Å². The van der Waals surface area contributed by atoms with E-state index in [2.05, 4.69) is 0 Å². The van der Waals surface area contributed by atoms with Gasteiger partial charge in [-0.05, 0) is 0 Å². The second kappa shape index (κ2) is 4.08. The normalized spacial score (nSPS) is 12.0. The predicted octanol–water partition coefficient (Wildman–Crippen LogP) is -0.549. The lowest BCUT2D eigenvalue weighted by Gasteiger charge is -2.05. The van der Waals surface area contributed by atoms with Gasteiger partial charge in [0.25, 0.3) is 0 Å². The second-order valence-electron chi connectivity index (χ2n) is 3.06. The van der Waals surface area contributed by atoms with Crippen molar-refractivity contribution in [3.05, 3.63) is 35.9 Å². The van der Waals surface area contributed by atoms with Gasteiger partial charge < -0.3 is 4.79 Å². The monoisotopic (exact) mass is 172 g/mol. The van der Waals surface area contributed by atoms with E-state index in [1.165, 1.54) is 7.85 Å². The highest BCUT2D eigenvalue weighted by molar-refractivity contribution is 6.67. The first-order valence-corrected chi connectivity index (χ1v) is 4.22. The molecular formula is C9H10B2O2. The van der Waals surface area contributed by atoms with Crippen molar-refractivity contribution in [1.82, 2.24) is 0 Å². The molecule has 2 nitrogen and oxygen atoms in total. The number of Topliss-reactive ketones (excluding diaryl/α,β-unsaturated/α-hetero) is 1. The first kappa shape index (κ1) is 9.78. The molecule has 0 saturated carbocycles. The van der Waals surface area contributed by atoms with Gasteiger partial charge in [-0.25, -0.2) is 0 Å². The van der Waals surface area contributed by atoms with E-state index in [9.17, 15) is 9.59 Å². The number of hydrogen-bond acceptors (Lipinski definition) is 2. The zero-order valence-corrected chi connectivity index (χ0v) is 7.78. The number of benzene rings is 1. The number of carbonyl (C=O) groups is 2. The van der Waals surface area contributed by atoms with Crippen LogP contribution in [0.15, 0.2) is 30.3 Å². The average Bonchev–Trinajstić information content (AvgIpc) is 2.17. The number of carbonyl (C=O) groups excluding carboxylic acids is 2.